The first-order valence-corrected chi connectivity index (χ1v) is 4.46. The van der Waals surface area contributed by atoms with Crippen LogP contribution in [0.15, 0.2) is 11.8 Å². The van der Waals surface area contributed by atoms with Gasteiger partial charge in [-0.05, 0) is 25.3 Å². The average Bonchev–Trinajstić information content (AvgIpc) is 1.87. The summed E-state index contributed by atoms with van der Waals surface area (Å²) in [5.41, 5.74) is 0. The van der Waals surface area contributed by atoms with E-state index in [1.54, 1.807) is 0 Å². The topological polar surface area (TPSA) is 9.23 Å². The molecule has 2 radical (unpaired) electrons. The second-order valence-corrected chi connectivity index (χ2v) is 2.98. The molecular weight excluding hydrogens is 140 g/mol. The summed E-state index contributed by atoms with van der Waals surface area (Å²) >= 11 is 0. The summed E-state index contributed by atoms with van der Waals surface area (Å²) in [7, 11) is 2.32. The van der Waals surface area contributed by atoms with Gasteiger partial charge in [-0.15, -0.1) is 0 Å². The minimum absolute atomic E-state index is 1.13. The van der Waals surface area contributed by atoms with Crippen molar-refractivity contribution in [3.05, 3.63) is 11.8 Å². The van der Waals surface area contributed by atoms with Crippen molar-refractivity contribution in [2.24, 2.45) is 0 Å². The molecule has 0 aromatic rings. The Bertz CT molecular complexity index is 120. The number of hydrogen-bond donors (Lipinski definition) is 0. The number of rotatable bonds is 1. The molecule has 0 aromatic carbocycles. The molecule has 0 aliphatic heterocycles. The lowest BCUT2D eigenvalue weighted by Gasteiger charge is -2.09. The van der Waals surface area contributed by atoms with Crippen LogP contribution in [-0.4, -0.2) is 10.5 Å². The molecule has 0 heterocycles. The van der Waals surface area contributed by atoms with Crippen molar-refractivity contribution >= 4 is 10.5 Å². The van der Waals surface area contributed by atoms with Crippen molar-refractivity contribution < 1.29 is 4.43 Å². The molecule has 0 amide bonds. The number of hydrogen-bond acceptors (Lipinski definition) is 1. The van der Waals surface area contributed by atoms with Gasteiger partial charge >= 0.3 is 0 Å². The van der Waals surface area contributed by atoms with Crippen LogP contribution in [0, 0.1) is 0 Å². The number of allylic oxidation sites excluding steroid dienone is 2. The van der Waals surface area contributed by atoms with Gasteiger partial charge in [0.1, 0.15) is 0 Å². The smallest absolute Gasteiger partial charge is 0.288 e. The Labute approximate surface area is 66.0 Å². The largest absolute Gasteiger partial charge is 0.548 e. The van der Waals surface area contributed by atoms with Crippen LogP contribution in [-0.2, 0) is 4.43 Å². The maximum atomic E-state index is 5.10. The van der Waals surface area contributed by atoms with Gasteiger partial charge in [0, 0.05) is 6.42 Å². The summed E-state index contributed by atoms with van der Waals surface area (Å²) in [5.74, 6) is 1.16. The van der Waals surface area contributed by atoms with Gasteiger partial charge in [0.2, 0.25) is 0 Å². The van der Waals surface area contributed by atoms with E-state index in [1.807, 2.05) is 0 Å². The molecule has 0 fully saturated rings. The fourth-order valence-electron chi connectivity index (χ4n) is 1.27. The van der Waals surface area contributed by atoms with E-state index in [-0.39, 0.29) is 0 Å². The predicted molar refractivity (Wildman–Crippen MR) is 44.0 cm³/mol. The average molecular weight is 154 g/mol. The van der Waals surface area contributed by atoms with Crippen molar-refractivity contribution in [2.75, 3.05) is 0 Å². The Morgan fingerprint density at radius 1 is 1.20 bits per heavy atom. The molecule has 0 unspecified atom stereocenters. The maximum Gasteiger partial charge on any atom is 0.288 e. The highest BCUT2D eigenvalue weighted by atomic mass is 28.2. The molecule has 1 aliphatic carbocycles. The van der Waals surface area contributed by atoms with Gasteiger partial charge in [0.15, 0.2) is 0 Å². The highest BCUT2D eigenvalue weighted by Crippen LogP contribution is 2.16. The summed E-state index contributed by atoms with van der Waals surface area (Å²) in [6, 6.07) is 0. The fraction of sp³-hybridized carbons (Fsp3) is 0.750. The zero-order chi connectivity index (χ0) is 7.23. The highest BCUT2D eigenvalue weighted by molar-refractivity contribution is 5.98. The molecule has 1 rings (SSSR count). The molecular formula is C8H14OSi. The molecule has 10 heavy (non-hydrogen) atoms. The molecule has 0 saturated carbocycles. The molecule has 0 aromatic heterocycles. The van der Waals surface area contributed by atoms with E-state index in [4.69, 9.17) is 4.43 Å². The van der Waals surface area contributed by atoms with Crippen LogP contribution in [0.25, 0.3) is 0 Å². The Balaban J connectivity index is 2.35. The van der Waals surface area contributed by atoms with E-state index in [0.717, 1.165) is 12.2 Å². The van der Waals surface area contributed by atoms with Crippen molar-refractivity contribution in [3.63, 3.8) is 0 Å². The molecule has 56 valence electrons. The summed E-state index contributed by atoms with van der Waals surface area (Å²) in [5, 5.41) is 0. The third-order valence-corrected chi connectivity index (χ3v) is 2.20. The van der Waals surface area contributed by atoms with Crippen LogP contribution < -0.4 is 0 Å². The van der Waals surface area contributed by atoms with E-state index in [9.17, 15) is 0 Å². The fourth-order valence-corrected chi connectivity index (χ4v) is 1.48. The van der Waals surface area contributed by atoms with E-state index >= 15 is 0 Å². The second-order valence-electron chi connectivity index (χ2n) is 2.74. The third kappa shape index (κ3) is 2.56. The molecule has 1 nitrogen and oxygen atoms in total. The normalized spacial score (nSPS) is 25.9. The van der Waals surface area contributed by atoms with Gasteiger partial charge < -0.3 is 4.43 Å². The van der Waals surface area contributed by atoms with Crippen LogP contribution in [0.5, 0.6) is 0 Å². The van der Waals surface area contributed by atoms with Crippen LogP contribution in [0.3, 0.4) is 0 Å². The van der Waals surface area contributed by atoms with Crippen LogP contribution in [0.1, 0.15) is 38.5 Å². The second kappa shape index (κ2) is 4.55. The zero-order valence-electron chi connectivity index (χ0n) is 6.31. The Kier molecular flexibility index (Phi) is 3.58. The molecule has 1 aliphatic rings. The maximum absolute atomic E-state index is 5.10. The van der Waals surface area contributed by atoms with Gasteiger partial charge in [0.25, 0.3) is 10.5 Å². The molecule has 2 heteroatoms. The van der Waals surface area contributed by atoms with Crippen LogP contribution >= 0.6 is 0 Å². The van der Waals surface area contributed by atoms with Crippen molar-refractivity contribution in [2.45, 2.75) is 38.5 Å². The minimum Gasteiger partial charge on any atom is -0.548 e. The van der Waals surface area contributed by atoms with Crippen molar-refractivity contribution in [1.29, 1.82) is 0 Å². The lowest BCUT2D eigenvalue weighted by atomic mass is 10.1. The van der Waals surface area contributed by atoms with Gasteiger partial charge in [-0.2, -0.15) is 0 Å². The summed E-state index contributed by atoms with van der Waals surface area (Å²) in [6.45, 7) is 0. The summed E-state index contributed by atoms with van der Waals surface area (Å²) in [4.78, 5) is 0. The van der Waals surface area contributed by atoms with Crippen molar-refractivity contribution in [3.8, 4) is 0 Å². The van der Waals surface area contributed by atoms with E-state index in [1.165, 1.54) is 32.1 Å². The van der Waals surface area contributed by atoms with Crippen molar-refractivity contribution in [1.82, 2.24) is 0 Å². The van der Waals surface area contributed by atoms with E-state index in [2.05, 4.69) is 16.6 Å². The van der Waals surface area contributed by atoms with Gasteiger partial charge in [-0.3, -0.25) is 0 Å². The molecule has 0 saturated heterocycles. The minimum atomic E-state index is 1.13. The Hall–Kier alpha value is -0.243. The lowest BCUT2D eigenvalue weighted by molar-refractivity contribution is 0.420. The molecule has 0 spiro atoms. The highest BCUT2D eigenvalue weighted by Gasteiger charge is 1.99. The van der Waals surface area contributed by atoms with Gasteiger partial charge in [-0.1, -0.05) is 12.8 Å². The predicted octanol–water partition coefficient (Wildman–Crippen LogP) is 2.06. The quantitative estimate of drug-likeness (QED) is 0.525. The SMILES string of the molecule is [SiH]O/C1=C/CCCCCC1. The first-order chi connectivity index (χ1) is 4.93. The third-order valence-electron chi connectivity index (χ3n) is 1.90. The zero-order valence-corrected chi connectivity index (χ0v) is 7.46. The molecule has 0 bridgehead atoms. The van der Waals surface area contributed by atoms with Crippen LogP contribution in [0.2, 0.25) is 0 Å². The summed E-state index contributed by atoms with van der Waals surface area (Å²) < 4.78 is 5.10. The first-order valence-electron chi connectivity index (χ1n) is 3.99. The van der Waals surface area contributed by atoms with E-state index < -0.39 is 0 Å². The standard InChI is InChI=1S/C8H14OSi/c10-9-8-6-4-2-1-3-5-7-8/h6,10H,1-5,7H2/b8-6+. The first kappa shape index (κ1) is 7.86. The Morgan fingerprint density at radius 2 is 2.00 bits per heavy atom. The van der Waals surface area contributed by atoms with Gasteiger partial charge in [0.05, 0.1) is 5.76 Å². The summed E-state index contributed by atoms with van der Waals surface area (Å²) in [6.07, 6.45) is 9.92. The monoisotopic (exact) mass is 154 g/mol. The molecule has 0 N–H and O–H groups in total. The Morgan fingerprint density at radius 3 is 2.80 bits per heavy atom. The van der Waals surface area contributed by atoms with Crippen LogP contribution in [0.4, 0.5) is 0 Å². The van der Waals surface area contributed by atoms with E-state index in [0.29, 0.717) is 0 Å². The molecule has 0 atom stereocenters. The van der Waals surface area contributed by atoms with Gasteiger partial charge in [-0.25, -0.2) is 0 Å². The lowest BCUT2D eigenvalue weighted by Crippen LogP contribution is -1.92.